The van der Waals surface area contributed by atoms with Crippen LogP contribution < -0.4 is 4.74 Å². The summed E-state index contributed by atoms with van der Waals surface area (Å²) in [4.78, 5) is 4.60. The molecule has 2 aromatic carbocycles. The topological polar surface area (TPSA) is 21.6 Å². The Labute approximate surface area is 150 Å². The number of aliphatic imine (C=N–C) groups is 1. The lowest BCUT2D eigenvalue weighted by molar-refractivity contribution is 0.306. The molecule has 1 unspecified atom stereocenters. The van der Waals surface area contributed by atoms with Crippen molar-refractivity contribution >= 4 is 6.21 Å². The molecule has 0 aliphatic heterocycles. The normalized spacial score (nSPS) is 12.4. The zero-order chi connectivity index (χ0) is 17.9. The maximum Gasteiger partial charge on any atom is 0.123 e. The molecule has 0 aromatic heterocycles. The average molecular weight is 341 g/mol. The highest BCUT2D eigenvalue weighted by molar-refractivity contribution is 5.79. The quantitative estimate of drug-likeness (QED) is 0.483. The highest BCUT2D eigenvalue weighted by Gasteiger charge is 2.03. The predicted octanol–water partition coefficient (Wildman–Crippen LogP) is 6.04. The third kappa shape index (κ3) is 7.08. The van der Waals surface area contributed by atoms with Crippen molar-refractivity contribution in [2.45, 2.75) is 46.1 Å². The van der Waals surface area contributed by atoms with E-state index in [1.165, 1.54) is 37.8 Å². The van der Waals surface area contributed by atoms with Crippen molar-refractivity contribution in [2.24, 2.45) is 10.9 Å². The maximum absolute atomic E-state index is 12.9. The van der Waals surface area contributed by atoms with Gasteiger partial charge < -0.3 is 4.74 Å². The summed E-state index contributed by atoms with van der Waals surface area (Å²) in [7, 11) is 0. The molecule has 0 amide bonds. The van der Waals surface area contributed by atoms with Crippen molar-refractivity contribution in [3.63, 3.8) is 0 Å². The van der Waals surface area contributed by atoms with Gasteiger partial charge in [-0.3, -0.25) is 4.99 Å². The first-order valence-electron chi connectivity index (χ1n) is 9.18. The summed E-state index contributed by atoms with van der Waals surface area (Å²) in [6.45, 7) is 5.81. The van der Waals surface area contributed by atoms with Gasteiger partial charge in [0.25, 0.3) is 0 Å². The maximum atomic E-state index is 12.9. The smallest absolute Gasteiger partial charge is 0.123 e. The fourth-order valence-corrected chi connectivity index (χ4v) is 2.62. The molecule has 0 heterocycles. The van der Waals surface area contributed by atoms with E-state index in [0.29, 0.717) is 12.5 Å². The van der Waals surface area contributed by atoms with E-state index in [0.717, 1.165) is 23.4 Å². The van der Waals surface area contributed by atoms with Crippen molar-refractivity contribution < 1.29 is 9.13 Å². The minimum Gasteiger partial charge on any atom is -0.489 e. The van der Waals surface area contributed by atoms with E-state index < -0.39 is 0 Å². The molecule has 0 bridgehead atoms. The molecular weight excluding hydrogens is 313 g/mol. The summed E-state index contributed by atoms with van der Waals surface area (Å²) >= 11 is 0. The van der Waals surface area contributed by atoms with Gasteiger partial charge in [0.1, 0.15) is 18.2 Å². The minimum absolute atomic E-state index is 0.229. The first-order chi connectivity index (χ1) is 12.2. The lowest BCUT2D eigenvalue weighted by Crippen LogP contribution is -2.03. The number of rotatable bonds is 10. The summed E-state index contributed by atoms with van der Waals surface area (Å²) in [6, 6.07) is 14.3. The molecule has 2 rings (SSSR count). The molecule has 0 aliphatic carbocycles. The van der Waals surface area contributed by atoms with Crippen molar-refractivity contribution in [3.8, 4) is 5.75 Å². The van der Waals surface area contributed by atoms with Gasteiger partial charge >= 0.3 is 0 Å². The fourth-order valence-electron chi connectivity index (χ4n) is 2.62. The first-order valence-corrected chi connectivity index (χ1v) is 9.18. The van der Waals surface area contributed by atoms with Crippen molar-refractivity contribution in [1.29, 1.82) is 0 Å². The zero-order valence-corrected chi connectivity index (χ0v) is 15.2. The standard InChI is InChI=1S/C22H28FNO/c1-3-5-6-18(4-2)15-24-16-19-9-13-22(14-10-19)25-17-20-7-11-21(23)12-8-20/h7-14,16,18H,3-6,15,17H2,1-2H3. The summed E-state index contributed by atoms with van der Waals surface area (Å²) in [5.41, 5.74) is 2.03. The van der Waals surface area contributed by atoms with Crippen LogP contribution in [0.25, 0.3) is 0 Å². The van der Waals surface area contributed by atoms with Crippen LogP contribution in [0.1, 0.15) is 50.7 Å². The van der Waals surface area contributed by atoms with Gasteiger partial charge in [-0.1, -0.05) is 45.2 Å². The van der Waals surface area contributed by atoms with Gasteiger partial charge in [-0.05, 0) is 59.9 Å². The van der Waals surface area contributed by atoms with Gasteiger partial charge in [-0.2, -0.15) is 0 Å². The highest BCUT2D eigenvalue weighted by atomic mass is 19.1. The molecule has 2 aromatic rings. The van der Waals surface area contributed by atoms with Crippen LogP contribution in [0.4, 0.5) is 4.39 Å². The highest BCUT2D eigenvalue weighted by Crippen LogP contribution is 2.15. The molecule has 0 saturated carbocycles. The lowest BCUT2D eigenvalue weighted by Gasteiger charge is -2.10. The largest absolute Gasteiger partial charge is 0.489 e. The van der Waals surface area contributed by atoms with Crippen LogP contribution in [0.5, 0.6) is 5.75 Å². The van der Waals surface area contributed by atoms with Crippen molar-refractivity contribution in [3.05, 3.63) is 65.5 Å². The predicted molar refractivity (Wildman–Crippen MR) is 103 cm³/mol. The number of unbranched alkanes of at least 4 members (excludes halogenated alkanes) is 1. The molecule has 0 saturated heterocycles. The Morgan fingerprint density at radius 3 is 2.40 bits per heavy atom. The Kier molecular flexibility index (Phi) is 8.17. The van der Waals surface area contributed by atoms with Crippen LogP contribution >= 0.6 is 0 Å². The monoisotopic (exact) mass is 341 g/mol. The van der Waals surface area contributed by atoms with Crippen LogP contribution in [-0.4, -0.2) is 12.8 Å². The molecule has 3 heteroatoms. The zero-order valence-electron chi connectivity index (χ0n) is 15.2. The molecule has 0 spiro atoms. The third-order valence-corrected chi connectivity index (χ3v) is 4.35. The second-order valence-electron chi connectivity index (χ2n) is 6.39. The van der Waals surface area contributed by atoms with Gasteiger partial charge in [0.2, 0.25) is 0 Å². The molecule has 134 valence electrons. The second kappa shape index (κ2) is 10.7. The Morgan fingerprint density at radius 1 is 1.04 bits per heavy atom. The molecular formula is C22H28FNO. The molecule has 25 heavy (non-hydrogen) atoms. The van der Waals surface area contributed by atoms with Crippen LogP contribution in [-0.2, 0) is 6.61 Å². The second-order valence-corrected chi connectivity index (χ2v) is 6.39. The minimum atomic E-state index is -0.229. The van der Waals surface area contributed by atoms with Gasteiger partial charge in [-0.15, -0.1) is 0 Å². The Balaban J connectivity index is 1.80. The fraction of sp³-hybridized carbons (Fsp3) is 0.409. The summed E-state index contributed by atoms with van der Waals surface area (Å²) < 4.78 is 18.6. The number of hydrogen-bond acceptors (Lipinski definition) is 2. The van der Waals surface area contributed by atoms with E-state index in [-0.39, 0.29) is 5.82 Å². The lowest BCUT2D eigenvalue weighted by atomic mass is 10.00. The molecule has 0 fully saturated rings. The van der Waals surface area contributed by atoms with Crippen LogP contribution in [0.15, 0.2) is 53.5 Å². The summed E-state index contributed by atoms with van der Waals surface area (Å²) in [6.07, 6.45) is 6.93. The molecule has 0 radical (unpaired) electrons. The van der Waals surface area contributed by atoms with Crippen LogP contribution in [0, 0.1) is 11.7 Å². The number of hydrogen-bond donors (Lipinski definition) is 0. The number of ether oxygens (including phenoxy) is 1. The van der Waals surface area contributed by atoms with E-state index in [1.807, 2.05) is 30.5 Å². The van der Waals surface area contributed by atoms with Crippen LogP contribution in [0.2, 0.25) is 0 Å². The van der Waals surface area contributed by atoms with E-state index >= 15 is 0 Å². The van der Waals surface area contributed by atoms with Gasteiger partial charge in [0, 0.05) is 12.8 Å². The van der Waals surface area contributed by atoms with Gasteiger partial charge in [-0.25, -0.2) is 4.39 Å². The van der Waals surface area contributed by atoms with E-state index in [9.17, 15) is 4.39 Å². The molecule has 0 N–H and O–H groups in total. The summed E-state index contributed by atoms with van der Waals surface area (Å²) in [5.74, 6) is 1.26. The van der Waals surface area contributed by atoms with Crippen LogP contribution in [0.3, 0.4) is 0 Å². The van der Waals surface area contributed by atoms with E-state index in [2.05, 4.69) is 18.8 Å². The third-order valence-electron chi connectivity index (χ3n) is 4.35. The van der Waals surface area contributed by atoms with Gasteiger partial charge in [0.05, 0.1) is 0 Å². The number of benzene rings is 2. The average Bonchev–Trinajstić information content (AvgIpc) is 2.65. The SMILES string of the molecule is CCCCC(CC)CN=Cc1ccc(OCc2ccc(F)cc2)cc1. The molecule has 0 aliphatic rings. The summed E-state index contributed by atoms with van der Waals surface area (Å²) in [5, 5.41) is 0. The molecule has 1 atom stereocenters. The van der Waals surface area contributed by atoms with Gasteiger partial charge in [0.15, 0.2) is 0 Å². The number of nitrogens with zero attached hydrogens (tertiary/aromatic N) is 1. The first kappa shape index (κ1) is 19.2. The Bertz CT molecular complexity index is 634. The van der Waals surface area contributed by atoms with E-state index in [1.54, 1.807) is 12.1 Å². The van der Waals surface area contributed by atoms with Crippen molar-refractivity contribution in [2.75, 3.05) is 6.54 Å². The Hall–Kier alpha value is -2.16. The number of halogens is 1. The Morgan fingerprint density at radius 2 is 1.76 bits per heavy atom. The molecule has 2 nitrogen and oxygen atoms in total. The van der Waals surface area contributed by atoms with Crippen molar-refractivity contribution in [1.82, 2.24) is 0 Å². The van der Waals surface area contributed by atoms with E-state index in [4.69, 9.17) is 4.74 Å².